The molecule has 2 aromatic rings. The van der Waals surface area contributed by atoms with Crippen molar-refractivity contribution in [3.05, 3.63) is 46.8 Å². The molecule has 1 aromatic heterocycles. The summed E-state index contributed by atoms with van der Waals surface area (Å²) in [5.41, 5.74) is 6.55. The molecule has 0 radical (unpaired) electrons. The van der Waals surface area contributed by atoms with Gasteiger partial charge in [0.1, 0.15) is 0 Å². The molecule has 0 unspecified atom stereocenters. The molecule has 1 fully saturated rings. The average molecular weight is 305 g/mol. The lowest BCUT2D eigenvalue weighted by atomic mass is 10.1. The lowest BCUT2D eigenvalue weighted by Crippen LogP contribution is -2.04. The van der Waals surface area contributed by atoms with Crippen LogP contribution in [-0.2, 0) is 5.33 Å². The molecule has 3 rings (SSSR count). The number of aromatic nitrogens is 2. The Hall–Kier alpha value is -1.09. The van der Waals surface area contributed by atoms with Crippen LogP contribution in [0.3, 0.4) is 0 Å². The smallest absolute Gasteiger partial charge is 0.0678 e. The Kier molecular flexibility index (Phi) is 3.02. The lowest BCUT2D eigenvalue weighted by molar-refractivity contribution is 0.799. The first kappa shape index (κ1) is 12.0. The van der Waals surface area contributed by atoms with Crippen LogP contribution in [0.25, 0.3) is 5.69 Å². The van der Waals surface area contributed by atoms with Gasteiger partial charge in [-0.15, -0.1) is 0 Å². The number of nitrogens with zero attached hydrogens (tertiary/aromatic N) is 2. The van der Waals surface area contributed by atoms with Crippen molar-refractivity contribution >= 4 is 15.9 Å². The highest BCUT2D eigenvalue weighted by Crippen LogP contribution is 2.43. The molecule has 0 bridgehead atoms. The van der Waals surface area contributed by atoms with Crippen molar-refractivity contribution in [3.63, 3.8) is 0 Å². The molecular weight excluding hydrogens is 288 g/mol. The van der Waals surface area contributed by atoms with Gasteiger partial charge in [-0.1, -0.05) is 33.6 Å². The molecule has 1 saturated carbocycles. The molecule has 1 aromatic carbocycles. The predicted molar refractivity (Wildman–Crippen MR) is 77.6 cm³/mol. The molecule has 0 aliphatic heterocycles. The Morgan fingerprint density at radius 1 is 1.33 bits per heavy atom. The van der Waals surface area contributed by atoms with Crippen LogP contribution in [0.2, 0.25) is 0 Å². The minimum absolute atomic E-state index is 0.709. The van der Waals surface area contributed by atoms with Gasteiger partial charge in [-0.25, -0.2) is 4.68 Å². The zero-order valence-corrected chi connectivity index (χ0v) is 12.4. The van der Waals surface area contributed by atoms with Gasteiger partial charge in [0, 0.05) is 16.8 Å². The molecule has 1 aliphatic rings. The van der Waals surface area contributed by atoms with Gasteiger partial charge in [0.15, 0.2) is 0 Å². The highest BCUT2D eigenvalue weighted by Gasteiger charge is 2.30. The van der Waals surface area contributed by atoms with Gasteiger partial charge in [-0.05, 0) is 38.3 Å². The first-order chi connectivity index (χ1) is 8.70. The normalized spacial score (nSPS) is 15.1. The van der Waals surface area contributed by atoms with Gasteiger partial charge in [0.2, 0.25) is 0 Å². The Bertz CT molecular complexity index is 582. The van der Waals surface area contributed by atoms with Gasteiger partial charge < -0.3 is 0 Å². The minimum atomic E-state index is 0.709. The fraction of sp³-hybridized carbons (Fsp3) is 0.400. The number of aryl methyl sites for hydroxylation is 2. The third-order valence-corrected chi connectivity index (χ3v) is 4.18. The molecule has 0 amide bonds. The lowest BCUT2D eigenvalue weighted by Gasteiger charge is -2.11. The molecule has 2 nitrogen and oxygen atoms in total. The molecular formula is C15H17BrN2. The maximum Gasteiger partial charge on any atom is 0.0678 e. The number of hydrogen-bond donors (Lipinski definition) is 0. The summed E-state index contributed by atoms with van der Waals surface area (Å²) in [6.07, 6.45) is 4.61. The third-order valence-electron chi connectivity index (χ3n) is 3.57. The summed E-state index contributed by atoms with van der Waals surface area (Å²) >= 11 is 3.57. The SMILES string of the molecule is Cc1ccc(-n2ncc(CBr)c2C2CC2)c(C)c1. The van der Waals surface area contributed by atoms with Crippen molar-refractivity contribution in [1.82, 2.24) is 9.78 Å². The van der Waals surface area contributed by atoms with E-state index in [1.165, 1.54) is 40.9 Å². The van der Waals surface area contributed by atoms with E-state index in [2.05, 4.69) is 57.8 Å². The summed E-state index contributed by atoms with van der Waals surface area (Å²) in [4.78, 5) is 0. The molecule has 3 heteroatoms. The maximum absolute atomic E-state index is 4.60. The van der Waals surface area contributed by atoms with Gasteiger partial charge in [0.25, 0.3) is 0 Å². The summed E-state index contributed by atoms with van der Waals surface area (Å²) in [6.45, 7) is 4.29. The molecule has 0 N–H and O–H groups in total. The standard InChI is InChI=1S/C15H17BrN2/c1-10-3-6-14(11(2)7-10)18-15(12-4-5-12)13(8-16)9-17-18/h3,6-7,9,12H,4-5,8H2,1-2H3. The summed E-state index contributed by atoms with van der Waals surface area (Å²) in [5, 5.41) is 5.49. The van der Waals surface area contributed by atoms with Crippen LogP contribution in [0, 0.1) is 13.8 Å². The monoisotopic (exact) mass is 304 g/mol. The summed E-state index contributed by atoms with van der Waals surface area (Å²) in [7, 11) is 0. The van der Waals surface area contributed by atoms with Crippen molar-refractivity contribution in [1.29, 1.82) is 0 Å². The van der Waals surface area contributed by atoms with Crippen LogP contribution in [0.15, 0.2) is 24.4 Å². The van der Waals surface area contributed by atoms with Crippen LogP contribution in [0.5, 0.6) is 0 Å². The number of alkyl halides is 1. The Labute approximate surface area is 116 Å². The van der Waals surface area contributed by atoms with E-state index in [0.717, 1.165) is 5.33 Å². The highest BCUT2D eigenvalue weighted by molar-refractivity contribution is 9.08. The zero-order chi connectivity index (χ0) is 12.7. The van der Waals surface area contributed by atoms with Crippen LogP contribution in [0.4, 0.5) is 0 Å². The predicted octanol–water partition coefficient (Wildman–Crippen LogP) is 4.26. The molecule has 94 valence electrons. The van der Waals surface area contributed by atoms with Crippen LogP contribution in [-0.4, -0.2) is 9.78 Å². The average Bonchev–Trinajstić information content (AvgIpc) is 3.09. The fourth-order valence-electron chi connectivity index (χ4n) is 2.52. The van der Waals surface area contributed by atoms with E-state index in [1.807, 2.05) is 6.20 Å². The van der Waals surface area contributed by atoms with Crippen molar-refractivity contribution in [2.45, 2.75) is 37.9 Å². The Morgan fingerprint density at radius 3 is 2.72 bits per heavy atom. The fourth-order valence-corrected chi connectivity index (χ4v) is 2.95. The first-order valence-electron chi connectivity index (χ1n) is 6.41. The van der Waals surface area contributed by atoms with E-state index in [4.69, 9.17) is 0 Å². The molecule has 18 heavy (non-hydrogen) atoms. The maximum atomic E-state index is 4.60. The van der Waals surface area contributed by atoms with Crippen molar-refractivity contribution in [3.8, 4) is 5.69 Å². The van der Waals surface area contributed by atoms with Gasteiger partial charge in [0.05, 0.1) is 17.6 Å². The summed E-state index contributed by atoms with van der Waals surface area (Å²) in [6, 6.07) is 6.57. The van der Waals surface area contributed by atoms with E-state index in [9.17, 15) is 0 Å². The number of benzene rings is 1. The van der Waals surface area contributed by atoms with E-state index in [0.29, 0.717) is 5.92 Å². The van der Waals surface area contributed by atoms with Crippen molar-refractivity contribution in [2.75, 3.05) is 0 Å². The number of rotatable bonds is 3. The van der Waals surface area contributed by atoms with Crippen molar-refractivity contribution in [2.24, 2.45) is 0 Å². The van der Waals surface area contributed by atoms with Crippen LogP contribution >= 0.6 is 15.9 Å². The van der Waals surface area contributed by atoms with Gasteiger partial charge >= 0.3 is 0 Å². The second kappa shape index (κ2) is 4.54. The second-order valence-electron chi connectivity index (χ2n) is 5.16. The topological polar surface area (TPSA) is 17.8 Å². The largest absolute Gasteiger partial charge is 0.237 e. The minimum Gasteiger partial charge on any atom is -0.237 e. The van der Waals surface area contributed by atoms with E-state index >= 15 is 0 Å². The van der Waals surface area contributed by atoms with E-state index in [-0.39, 0.29) is 0 Å². The summed E-state index contributed by atoms with van der Waals surface area (Å²) < 4.78 is 2.14. The van der Waals surface area contributed by atoms with Crippen LogP contribution < -0.4 is 0 Å². The molecule has 0 saturated heterocycles. The zero-order valence-electron chi connectivity index (χ0n) is 10.8. The number of hydrogen-bond acceptors (Lipinski definition) is 1. The Morgan fingerprint density at radius 2 is 2.11 bits per heavy atom. The van der Waals surface area contributed by atoms with Crippen molar-refractivity contribution < 1.29 is 0 Å². The third kappa shape index (κ3) is 2.01. The van der Waals surface area contributed by atoms with E-state index < -0.39 is 0 Å². The van der Waals surface area contributed by atoms with Gasteiger partial charge in [-0.3, -0.25) is 0 Å². The first-order valence-corrected chi connectivity index (χ1v) is 7.53. The number of halogens is 1. The quantitative estimate of drug-likeness (QED) is 0.775. The highest BCUT2D eigenvalue weighted by atomic mass is 79.9. The Balaban J connectivity index is 2.13. The van der Waals surface area contributed by atoms with Gasteiger partial charge in [-0.2, -0.15) is 5.10 Å². The van der Waals surface area contributed by atoms with Crippen LogP contribution in [0.1, 0.15) is 41.1 Å². The summed E-state index contributed by atoms with van der Waals surface area (Å²) in [5.74, 6) is 0.709. The van der Waals surface area contributed by atoms with E-state index in [1.54, 1.807) is 0 Å². The molecule has 0 spiro atoms. The second-order valence-corrected chi connectivity index (χ2v) is 5.73. The molecule has 0 atom stereocenters. The molecule has 1 heterocycles. The molecule has 1 aliphatic carbocycles.